The highest BCUT2D eigenvalue weighted by atomic mass is 16.1. The molecule has 0 radical (unpaired) electrons. The molecule has 24 heavy (non-hydrogen) atoms. The third kappa shape index (κ3) is 4.02. The predicted molar refractivity (Wildman–Crippen MR) is 96.6 cm³/mol. The number of amides is 1. The highest BCUT2D eigenvalue weighted by Gasteiger charge is 2.19. The Kier molecular flexibility index (Phi) is 4.94. The van der Waals surface area contributed by atoms with Crippen molar-refractivity contribution in [2.75, 3.05) is 0 Å². The van der Waals surface area contributed by atoms with E-state index < -0.39 is 0 Å². The number of H-pyrrole nitrogens is 1. The Labute approximate surface area is 142 Å². The molecule has 1 atom stereocenters. The summed E-state index contributed by atoms with van der Waals surface area (Å²) in [5.41, 5.74) is 2.94. The van der Waals surface area contributed by atoms with E-state index in [0.29, 0.717) is 12.3 Å². The fourth-order valence-corrected chi connectivity index (χ4v) is 2.87. The topological polar surface area (TPSA) is 57.8 Å². The van der Waals surface area contributed by atoms with E-state index in [-0.39, 0.29) is 11.9 Å². The molecule has 0 bridgehead atoms. The summed E-state index contributed by atoms with van der Waals surface area (Å²) in [5.74, 6) is 1.30. The van der Waals surface area contributed by atoms with E-state index in [4.69, 9.17) is 0 Å². The van der Waals surface area contributed by atoms with Gasteiger partial charge >= 0.3 is 0 Å². The number of hydrogen-bond donors (Lipinski definition) is 2. The third-order valence-corrected chi connectivity index (χ3v) is 3.99. The minimum atomic E-state index is -0.103. The first kappa shape index (κ1) is 16.2. The van der Waals surface area contributed by atoms with Crippen LogP contribution in [0.3, 0.4) is 0 Å². The summed E-state index contributed by atoms with van der Waals surface area (Å²) in [6.45, 7) is 4.30. The Morgan fingerprint density at radius 1 is 1.08 bits per heavy atom. The molecule has 0 aliphatic carbocycles. The molecule has 1 aromatic heterocycles. The van der Waals surface area contributed by atoms with Crippen LogP contribution in [0.25, 0.3) is 11.0 Å². The van der Waals surface area contributed by atoms with Gasteiger partial charge in [0.15, 0.2) is 0 Å². The lowest BCUT2D eigenvalue weighted by Crippen LogP contribution is -2.31. The van der Waals surface area contributed by atoms with Gasteiger partial charge in [-0.15, -0.1) is 0 Å². The quantitative estimate of drug-likeness (QED) is 0.721. The van der Waals surface area contributed by atoms with Crippen molar-refractivity contribution in [1.82, 2.24) is 15.3 Å². The number of rotatable bonds is 6. The summed E-state index contributed by atoms with van der Waals surface area (Å²) >= 11 is 0. The first-order valence-corrected chi connectivity index (χ1v) is 8.40. The maximum atomic E-state index is 12.4. The Morgan fingerprint density at radius 3 is 2.50 bits per heavy atom. The molecule has 0 saturated carbocycles. The molecule has 4 nitrogen and oxygen atoms in total. The number of aromatic nitrogens is 2. The standard InChI is InChI=1S/C20H23N3O/c1-14(2)12-18(20-22-16-10-6-7-11-17(16)23-20)21-19(24)13-15-8-4-3-5-9-15/h3-11,14,18H,12-13H2,1-2H3,(H,21,24)(H,22,23)/t18-/m1/s1. The van der Waals surface area contributed by atoms with Crippen LogP contribution in [0.5, 0.6) is 0 Å². The van der Waals surface area contributed by atoms with Crippen LogP contribution in [-0.4, -0.2) is 15.9 Å². The van der Waals surface area contributed by atoms with Crippen molar-refractivity contribution in [2.24, 2.45) is 5.92 Å². The zero-order chi connectivity index (χ0) is 16.9. The lowest BCUT2D eigenvalue weighted by Gasteiger charge is -2.18. The molecule has 0 fully saturated rings. The van der Waals surface area contributed by atoms with Crippen molar-refractivity contribution >= 4 is 16.9 Å². The molecule has 3 rings (SSSR count). The monoisotopic (exact) mass is 321 g/mol. The zero-order valence-electron chi connectivity index (χ0n) is 14.1. The van der Waals surface area contributed by atoms with Crippen LogP contribution in [-0.2, 0) is 11.2 Å². The van der Waals surface area contributed by atoms with Crippen molar-refractivity contribution in [3.63, 3.8) is 0 Å². The van der Waals surface area contributed by atoms with Gasteiger partial charge in [0.05, 0.1) is 23.5 Å². The van der Waals surface area contributed by atoms with Gasteiger partial charge in [-0.25, -0.2) is 4.98 Å². The minimum Gasteiger partial charge on any atom is -0.346 e. The Bertz CT molecular complexity index is 775. The number of para-hydroxylation sites is 2. The largest absolute Gasteiger partial charge is 0.346 e. The number of benzene rings is 2. The highest BCUT2D eigenvalue weighted by molar-refractivity contribution is 5.79. The molecular weight excluding hydrogens is 298 g/mol. The predicted octanol–water partition coefficient (Wildman–Crippen LogP) is 4.01. The van der Waals surface area contributed by atoms with Crippen LogP contribution >= 0.6 is 0 Å². The molecule has 0 spiro atoms. The second-order valence-corrected chi connectivity index (χ2v) is 6.55. The number of nitrogens with one attached hydrogen (secondary N) is 2. The van der Waals surface area contributed by atoms with E-state index in [9.17, 15) is 4.79 Å². The van der Waals surface area contributed by atoms with Crippen molar-refractivity contribution in [3.8, 4) is 0 Å². The molecule has 124 valence electrons. The SMILES string of the molecule is CC(C)C[C@@H](NC(=O)Cc1ccccc1)c1nc2ccccc2[nH]1. The molecule has 0 aliphatic heterocycles. The van der Waals surface area contributed by atoms with Crippen molar-refractivity contribution in [3.05, 3.63) is 66.0 Å². The van der Waals surface area contributed by atoms with Crippen LogP contribution in [0.1, 0.15) is 37.7 Å². The van der Waals surface area contributed by atoms with Crippen LogP contribution in [0.2, 0.25) is 0 Å². The van der Waals surface area contributed by atoms with Crippen LogP contribution in [0.4, 0.5) is 0 Å². The molecule has 2 N–H and O–H groups in total. The first-order valence-electron chi connectivity index (χ1n) is 8.40. The average molecular weight is 321 g/mol. The van der Waals surface area contributed by atoms with Crippen LogP contribution in [0, 0.1) is 5.92 Å². The second-order valence-electron chi connectivity index (χ2n) is 6.55. The van der Waals surface area contributed by atoms with Gasteiger partial charge in [0.1, 0.15) is 5.82 Å². The van der Waals surface area contributed by atoms with E-state index in [0.717, 1.165) is 28.8 Å². The minimum absolute atomic E-state index is 0.0207. The zero-order valence-corrected chi connectivity index (χ0v) is 14.1. The van der Waals surface area contributed by atoms with Gasteiger partial charge in [-0.3, -0.25) is 4.79 Å². The molecule has 0 unspecified atom stereocenters. The highest BCUT2D eigenvalue weighted by Crippen LogP contribution is 2.22. The lowest BCUT2D eigenvalue weighted by atomic mass is 10.0. The number of carbonyl (C=O) groups is 1. The van der Waals surface area contributed by atoms with E-state index in [1.807, 2.05) is 54.6 Å². The third-order valence-electron chi connectivity index (χ3n) is 3.99. The van der Waals surface area contributed by atoms with E-state index >= 15 is 0 Å². The molecule has 0 aliphatic rings. The van der Waals surface area contributed by atoms with Crippen LogP contribution < -0.4 is 5.32 Å². The molecule has 0 saturated heterocycles. The molecule has 1 heterocycles. The number of hydrogen-bond acceptors (Lipinski definition) is 2. The summed E-state index contributed by atoms with van der Waals surface area (Å²) in [5, 5.41) is 3.14. The lowest BCUT2D eigenvalue weighted by molar-refractivity contribution is -0.121. The van der Waals surface area contributed by atoms with Gasteiger partial charge in [-0.1, -0.05) is 56.3 Å². The van der Waals surface area contributed by atoms with Gasteiger partial charge in [0.2, 0.25) is 5.91 Å². The Balaban J connectivity index is 1.77. The molecule has 3 aromatic rings. The second kappa shape index (κ2) is 7.30. The molecule has 1 amide bonds. The molecular formula is C20H23N3O. The van der Waals surface area contributed by atoms with Gasteiger partial charge < -0.3 is 10.3 Å². The number of fused-ring (bicyclic) bond motifs is 1. The van der Waals surface area contributed by atoms with Crippen molar-refractivity contribution in [1.29, 1.82) is 0 Å². The van der Waals surface area contributed by atoms with Crippen molar-refractivity contribution < 1.29 is 4.79 Å². The number of imidazole rings is 1. The maximum Gasteiger partial charge on any atom is 0.225 e. The van der Waals surface area contributed by atoms with Gasteiger partial charge in [-0.2, -0.15) is 0 Å². The van der Waals surface area contributed by atoms with Crippen LogP contribution in [0.15, 0.2) is 54.6 Å². The van der Waals surface area contributed by atoms with E-state index in [1.165, 1.54) is 0 Å². The fraction of sp³-hybridized carbons (Fsp3) is 0.300. The van der Waals surface area contributed by atoms with E-state index in [2.05, 4.69) is 29.1 Å². The maximum absolute atomic E-state index is 12.4. The molecule has 2 aromatic carbocycles. The summed E-state index contributed by atoms with van der Waals surface area (Å²) in [7, 11) is 0. The first-order chi connectivity index (χ1) is 11.6. The summed E-state index contributed by atoms with van der Waals surface area (Å²) in [6, 6.07) is 17.6. The summed E-state index contributed by atoms with van der Waals surface area (Å²) < 4.78 is 0. The average Bonchev–Trinajstić information content (AvgIpc) is 2.98. The van der Waals surface area contributed by atoms with Crippen molar-refractivity contribution in [2.45, 2.75) is 32.7 Å². The number of carbonyl (C=O) groups excluding carboxylic acids is 1. The summed E-state index contributed by atoms with van der Waals surface area (Å²) in [6.07, 6.45) is 1.23. The Morgan fingerprint density at radius 2 is 1.79 bits per heavy atom. The normalized spacial score (nSPS) is 12.5. The van der Waals surface area contributed by atoms with E-state index in [1.54, 1.807) is 0 Å². The van der Waals surface area contributed by atoms with Gasteiger partial charge in [-0.05, 0) is 30.0 Å². The smallest absolute Gasteiger partial charge is 0.225 e. The number of nitrogens with zero attached hydrogens (tertiary/aromatic N) is 1. The van der Waals surface area contributed by atoms with Gasteiger partial charge in [0, 0.05) is 0 Å². The van der Waals surface area contributed by atoms with Gasteiger partial charge in [0.25, 0.3) is 0 Å². The molecule has 4 heteroatoms. The Hall–Kier alpha value is -2.62. The fourth-order valence-electron chi connectivity index (χ4n) is 2.87. The summed E-state index contributed by atoms with van der Waals surface area (Å²) in [4.78, 5) is 20.4. The number of aromatic amines is 1.